The maximum Gasteiger partial charge on any atom is 0.264 e. The normalized spacial score (nSPS) is 11.0. The molecule has 0 unspecified atom stereocenters. The van der Waals surface area contributed by atoms with Gasteiger partial charge < -0.3 is 19.5 Å². The Morgan fingerprint density at radius 1 is 0.857 bits per heavy atom. The minimum Gasteiger partial charge on any atom is -0.493 e. The molecule has 3 aromatic rings. The van der Waals surface area contributed by atoms with Crippen LogP contribution in [0.3, 0.4) is 0 Å². The van der Waals surface area contributed by atoms with E-state index in [1.165, 1.54) is 21.3 Å². The topological polar surface area (TPSA) is 94.2 Å². The Bertz CT molecular complexity index is 1260. The number of sulfonamides is 1. The number of nitrogens with zero attached hydrogens (tertiary/aromatic N) is 1. The number of rotatable bonds is 10. The zero-order valence-electron chi connectivity index (χ0n) is 20.5. The molecule has 1 N–H and O–H groups in total. The van der Waals surface area contributed by atoms with E-state index in [2.05, 4.69) is 5.32 Å². The molecule has 1 amide bonds. The highest BCUT2D eigenvalue weighted by Gasteiger charge is 2.27. The second kappa shape index (κ2) is 11.1. The van der Waals surface area contributed by atoms with Crippen molar-refractivity contribution in [2.45, 2.75) is 25.3 Å². The Labute approximate surface area is 206 Å². The van der Waals surface area contributed by atoms with E-state index in [1.807, 2.05) is 19.9 Å². The summed E-state index contributed by atoms with van der Waals surface area (Å²) in [6.45, 7) is 3.50. The van der Waals surface area contributed by atoms with Crippen molar-refractivity contribution in [3.8, 4) is 17.2 Å². The minimum absolute atomic E-state index is 0.113. The molecule has 0 saturated carbocycles. The van der Waals surface area contributed by atoms with Gasteiger partial charge in [0.25, 0.3) is 10.0 Å². The first kappa shape index (κ1) is 25.9. The SMILES string of the molecule is COc1cc(CNC(=O)CN(c2cccc(C)c2)S(=O)(=O)c2ccc(C)cc2)cc(OC)c1OC. The number of aryl methyl sites for hydroxylation is 2. The summed E-state index contributed by atoms with van der Waals surface area (Å²) >= 11 is 0. The zero-order chi connectivity index (χ0) is 25.6. The van der Waals surface area contributed by atoms with Gasteiger partial charge in [0.15, 0.2) is 11.5 Å². The lowest BCUT2D eigenvalue weighted by Crippen LogP contribution is -2.40. The Morgan fingerprint density at radius 2 is 1.49 bits per heavy atom. The second-order valence-corrected chi connectivity index (χ2v) is 9.84. The fourth-order valence-corrected chi connectivity index (χ4v) is 4.97. The molecule has 0 aliphatic rings. The van der Waals surface area contributed by atoms with Gasteiger partial charge in [-0.05, 0) is 61.4 Å². The number of anilines is 1. The highest BCUT2D eigenvalue weighted by molar-refractivity contribution is 7.92. The first-order chi connectivity index (χ1) is 16.7. The van der Waals surface area contributed by atoms with Crippen molar-refractivity contribution in [3.63, 3.8) is 0 Å². The molecule has 3 rings (SSSR count). The van der Waals surface area contributed by atoms with Gasteiger partial charge in [0, 0.05) is 6.54 Å². The van der Waals surface area contributed by atoms with Gasteiger partial charge in [-0.25, -0.2) is 8.42 Å². The van der Waals surface area contributed by atoms with Crippen molar-refractivity contribution in [1.29, 1.82) is 0 Å². The van der Waals surface area contributed by atoms with Gasteiger partial charge in [-0.3, -0.25) is 9.10 Å². The second-order valence-electron chi connectivity index (χ2n) is 7.97. The molecule has 0 aliphatic carbocycles. The highest BCUT2D eigenvalue weighted by atomic mass is 32.2. The van der Waals surface area contributed by atoms with Gasteiger partial charge in [-0.15, -0.1) is 0 Å². The molecule has 3 aromatic carbocycles. The maximum absolute atomic E-state index is 13.5. The van der Waals surface area contributed by atoms with Gasteiger partial charge in [0.1, 0.15) is 6.54 Å². The molecular formula is C26H30N2O6S. The lowest BCUT2D eigenvalue weighted by molar-refractivity contribution is -0.119. The van der Waals surface area contributed by atoms with Crippen LogP contribution in [0.1, 0.15) is 16.7 Å². The molecule has 0 aromatic heterocycles. The predicted molar refractivity (Wildman–Crippen MR) is 135 cm³/mol. The maximum atomic E-state index is 13.5. The van der Waals surface area contributed by atoms with Crippen LogP contribution in [-0.4, -0.2) is 42.2 Å². The fraction of sp³-hybridized carbons (Fsp3) is 0.269. The van der Waals surface area contributed by atoms with Gasteiger partial charge in [0.2, 0.25) is 11.7 Å². The van der Waals surface area contributed by atoms with Crippen molar-refractivity contribution in [2.75, 3.05) is 32.2 Å². The van der Waals surface area contributed by atoms with E-state index in [0.29, 0.717) is 28.5 Å². The van der Waals surface area contributed by atoms with E-state index < -0.39 is 15.9 Å². The van der Waals surface area contributed by atoms with Crippen LogP contribution < -0.4 is 23.8 Å². The molecule has 0 bridgehead atoms. The quantitative estimate of drug-likeness (QED) is 0.457. The molecule has 8 nitrogen and oxygen atoms in total. The number of methoxy groups -OCH3 is 3. The summed E-state index contributed by atoms with van der Waals surface area (Å²) < 4.78 is 44.2. The van der Waals surface area contributed by atoms with Gasteiger partial charge in [-0.1, -0.05) is 29.8 Å². The smallest absolute Gasteiger partial charge is 0.264 e. The van der Waals surface area contributed by atoms with E-state index >= 15 is 0 Å². The highest BCUT2D eigenvalue weighted by Crippen LogP contribution is 2.38. The van der Waals surface area contributed by atoms with Crippen LogP contribution in [0, 0.1) is 13.8 Å². The van der Waals surface area contributed by atoms with Crippen LogP contribution in [0.25, 0.3) is 0 Å². The van der Waals surface area contributed by atoms with E-state index in [-0.39, 0.29) is 18.0 Å². The summed E-state index contributed by atoms with van der Waals surface area (Å²) in [5.74, 6) is 0.898. The zero-order valence-corrected chi connectivity index (χ0v) is 21.3. The van der Waals surface area contributed by atoms with Crippen molar-refractivity contribution >= 4 is 21.6 Å². The first-order valence-corrected chi connectivity index (χ1v) is 12.3. The lowest BCUT2D eigenvalue weighted by Gasteiger charge is -2.24. The van der Waals surface area contributed by atoms with Gasteiger partial charge in [0.05, 0.1) is 31.9 Å². The summed E-state index contributed by atoms with van der Waals surface area (Å²) in [6.07, 6.45) is 0. The van der Waals surface area contributed by atoms with Crippen LogP contribution in [0.4, 0.5) is 5.69 Å². The standard InChI is InChI=1S/C26H30N2O6S/c1-18-9-11-22(12-10-18)35(30,31)28(21-8-6-7-19(2)13-21)17-25(29)27-16-20-14-23(32-3)26(34-5)24(15-20)33-4/h6-15H,16-17H2,1-5H3,(H,27,29). The van der Waals surface area contributed by atoms with Gasteiger partial charge >= 0.3 is 0 Å². The molecule has 0 spiro atoms. The average molecular weight is 499 g/mol. The molecular weight excluding hydrogens is 468 g/mol. The van der Waals surface area contributed by atoms with Crippen LogP contribution in [0.5, 0.6) is 17.2 Å². The molecule has 9 heteroatoms. The number of carbonyl (C=O) groups excluding carboxylic acids is 1. The molecule has 0 saturated heterocycles. The number of carbonyl (C=O) groups is 1. The Morgan fingerprint density at radius 3 is 2.03 bits per heavy atom. The number of nitrogens with one attached hydrogen (secondary N) is 1. The van der Waals surface area contributed by atoms with Crippen LogP contribution in [0.15, 0.2) is 65.6 Å². The predicted octanol–water partition coefficient (Wildman–Crippen LogP) is 3.84. The Hall–Kier alpha value is -3.72. The molecule has 186 valence electrons. The van der Waals surface area contributed by atoms with E-state index in [4.69, 9.17) is 14.2 Å². The summed E-state index contributed by atoms with van der Waals surface area (Å²) in [5, 5.41) is 2.79. The molecule has 0 atom stereocenters. The monoisotopic (exact) mass is 498 g/mol. The summed E-state index contributed by atoms with van der Waals surface area (Å²) in [7, 11) is 0.549. The van der Waals surface area contributed by atoms with Crippen LogP contribution >= 0.6 is 0 Å². The third-order valence-corrected chi connectivity index (χ3v) is 7.19. The number of hydrogen-bond donors (Lipinski definition) is 1. The number of benzene rings is 3. The van der Waals surface area contributed by atoms with Crippen molar-refractivity contribution in [1.82, 2.24) is 5.32 Å². The number of amides is 1. The summed E-state index contributed by atoms with van der Waals surface area (Å²) in [4.78, 5) is 13.1. The first-order valence-electron chi connectivity index (χ1n) is 10.9. The van der Waals surface area contributed by atoms with Crippen molar-refractivity contribution in [3.05, 3.63) is 77.4 Å². The van der Waals surface area contributed by atoms with E-state index in [0.717, 1.165) is 15.4 Å². The summed E-state index contributed by atoms with van der Waals surface area (Å²) in [6, 6.07) is 17.0. The Kier molecular flexibility index (Phi) is 8.24. The number of hydrogen-bond acceptors (Lipinski definition) is 6. The molecule has 0 fully saturated rings. The van der Waals surface area contributed by atoms with Crippen LogP contribution in [-0.2, 0) is 21.4 Å². The average Bonchev–Trinajstić information content (AvgIpc) is 2.85. The lowest BCUT2D eigenvalue weighted by atomic mass is 10.1. The summed E-state index contributed by atoms with van der Waals surface area (Å²) in [5.41, 5.74) is 2.93. The molecule has 35 heavy (non-hydrogen) atoms. The number of ether oxygens (including phenoxy) is 3. The minimum atomic E-state index is -3.98. The molecule has 0 aliphatic heterocycles. The van der Waals surface area contributed by atoms with Crippen molar-refractivity contribution in [2.24, 2.45) is 0 Å². The molecule has 0 heterocycles. The van der Waals surface area contributed by atoms with E-state index in [1.54, 1.807) is 54.6 Å². The fourth-order valence-electron chi connectivity index (χ4n) is 3.56. The van der Waals surface area contributed by atoms with E-state index in [9.17, 15) is 13.2 Å². The molecule has 0 radical (unpaired) electrons. The van der Waals surface area contributed by atoms with Gasteiger partial charge in [-0.2, -0.15) is 0 Å². The third-order valence-electron chi connectivity index (χ3n) is 5.40. The van der Waals surface area contributed by atoms with Crippen molar-refractivity contribution < 1.29 is 27.4 Å². The Balaban J connectivity index is 1.86. The largest absolute Gasteiger partial charge is 0.493 e. The van der Waals surface area contributed by atoms with Crippen LogP contribution in [0.2, 0.25) is 0 Å². The third kappa shape index (κ3) is 6.05.